The van der Waals surface area contributed by atoms with Crippen molar-refractivity contribution in [2.45, 2.75) is 369 Å². The van der Waals surface area contributed by atoms with Crippen LogP contribution in [0.2, 0.25) is 0 Å². The molecule has 0 aromatic heterocycles. The van der Waals surface area contributed by atoms with Gasteiger partial charge in [0, 0.05) is 27.8 Å². The van der Waals surface area contributed by atoms with E-state index in [1.165, 1.54) is 141 Å². The van der Waals surface area contributed by atoms with E-state index < -0.39 is 58.2 Å². The Balaban J connectivity index is 0.000000130. The largest absolute Gasteiger partial charge is 0.490 e. The molecule has 8 saturated carbocycles. The summed E-state index contributed by atoms with van der Waals surface area (Å²) in [6.07, 6.45) is 47.6. The van der Waals surface area contributed by atoms with Crippen molar-refractivity contribution in [2.75, 3.05) is 33.0 Å². The SMILES string of the molecule is CC1CCC(C2CCC(COc3cc4c(c(F)c3F)OC(C)CC4)CC2)CC1.CC1CCC(C2CCC(COc3cc4c(c(F)c3F)OC(C)CC4)CC2)CC1.CC1CCC(C2CCC(COc3cc4c(c(F)c3F)OC(C)CC4)CC2)CC1.CC1CCC(COc2cc3c(c(F)c2F)OC(C)CC3)CC1.CC1CCC(COc2cc3c(c(F)c2F)OC(C)CC3)CC1. The first-order valence-electron chi connectivity index (χ1n) is 50.6. The molecule has 712 valence electrons. The smallest absolute Gasteiger partial charge is 0.204 e. The van der Waals surface area contributed by atoms with Gasteiger partial charge in [-0.2, -0.15) is 43.9 Å². The zero-order chi connectivity index (χ0) is 90.4. The molecule has 5 aliphatic heterocycles. The van der Waals surface area contributed by atoms with Gasteiger partial charge >= 0.3 is 0 Å². The first-order valence-corrected chi connectivity index (χ1v) is 50.6. The monoisotopic (exact) mass is 1800 g/mol. The number of benzene rings is 5. The Bertz CT molecular complexity index is 3990. The van der Waals surface area contributed by atoms with E-state index in [0.29, 0.717) is 106 Å². The lowest BCUT2D eigenvalue weighted by Gasteiger charge is -2.37. The summed E-state index contributed by atoms with van der Waals surface area (Å²) < 4.78 is 199. The molecule has 5 aromatic rings. The van der Waals surface area contributed by atoms with Crippen LogP contribution in [0.1, 0.15) is 335 Å². The normalized spacial score (nSPS) is 31.3. The lowest BCUT2D eigenvalue weighted by molar-refractivity contribution is 0.123. The fraction of sp³-hybridized carbons (Fsp3) is 0.722. The van der Waals surface area contributed by atoms with E-state index in [4.69, 9.17) is 47.4 Å². The molecular formula is C108H150F10O10. The van der Waals surface area contributed by atoms with Gasteiger partial charge in [0.1, 0.15) is 0 Å². The van der Waals surface area contributed by atoms with Gasteiger partial charge in [-0.25, -0.2) is 0 Å². The summed E-state index contributed by atoms with van der Waals surface area (Å²) in [5, 5.41) is 0. The van der Waals surface area contributed by atoms with Crippen LogP contribution in [0.3, 0.4) is 0 Å². The molecule has 5 atom stereocenters. The number of ether oxygens (including phenoxy) is 10. The van der Waals surface area contributed by atoms with Gasteiger partial charge in [0.15, 0.2) is 57.5 Å². The van der Waals surface area contributed by atoms with Crippen LogP contribution in [0.4, 0.5) is 43.9 Å². The number of fused-ring (bicyclic) bond motifs is 5. The van der Waals surface area contributed by atoms with E-state index in [1.807, 2.05) is 34.6 Å². The van der Waals surface area contributed by atoms with Crippen LogP contribution in [0.5, 0.6) is 57.5 Å². The maximum Gasteiger partial charge on any atom is 0.204 e. The number of hydrogen-bond donors (Lipinski definition) is 0. The van der Waals surface area contributed by atoms with E-state index >= 15 is 0 Å². The summed E-state index contributed by atoms with van der Waals surface area (Å²) in [5.74, 6) is 3.37. The first kappa shape index (κ1) is 97.4. The number of hydrogen-bond acceptors (Lipinski definition) is 10. The van der Waals surface area contributed by atoms with Gasteiger partial charge < -0.3 is 47.4 Å². The average Bonchev–Trinajstić information content (AvgIpc) is 0.805. The number of halogens is 10. The molecule has 13 aliphatic rings. The predicted octanol–water partition coefficient (Wildman–Crippen LogP) is 29.8. The molecule has 20 heteroatoms. The highest BCUT2D eigenvalue weighted by Gasteiger charge is 2.38. The van der Waals surface area contributed by atoms with E-state index in [1.54, 1.807) is 30.3 Å². The van der Waals surface area contributed by atoms with Crippen molar-refractivity contribution in [3.05, 3.63) is 116 Å². The van der Waals surface area contributed by atoms with Gasteiger partial charge in [0.05, 0.1) is 63.6 Å². The standard InChI is InChI=1S/3C24H34F2O2.2C18H24F2O2/c3*1-15-3-8-18(9-4-15)19-11-6-17(7-12-19)14-27-21-13-20-10-5-16(2)28-24(20)23(26)22(21)25;2*1-11-3-6-13(7-4-11)10-21-15-9-14-8-5-12(2)22-18(14)17(20)16(15)19/h3*13,15-19H,3-12,14H2,1-2H3;2*9,11-13H,3-8,10H2,1-2H3. The van der Waals surface area contributed by atoms with Gasteiger partial charge in [-0.15, -0.1) is 0 Å². The molecule has 128 heavy (non-hydrogen) atoms. The fourth-order valence-electron chi connectivity index (χ4n) is 23.1. The topological polar surface area (TPSA) is 92.3 Å². The maximum absolute atomic E-state index is 14.4. The molecule has 18 rings (SSSR count). The summed E-state index contributed by atoms with van der Waals surface area (Å²) in [5.41, 5.74) is 3.60. The van der Waals surface area contributed by atoms with E-state index in [0.717, 1.165) is 178 Å². The maximum atomic E-state index is 14.4. The van der Waals surface area contributed by atoms with Crippen LogP contribution in [-0.4, -0.2) is 63.6 Å². The van der Waals surface area contributed by atoms with Gasteiger partial charge in [0.2, 0.25) is 58.2 Å². The van der Waals surface area contributed by atoms with Crippen molar-refractivity contribution in [2.24, 2.45) is 94.7 Å². The molecule has 0 bridgehead atoms. The van der Waals surface area contributed by atoms with Crippen molar-refractivity contribution in [1.82, 2.24) is 0 Å². The van der Waals surface area contributed by atoms with E-state index in [2.05, 4.69) is 34.6 Å². The van der Waals surface area contributed by atoms with Crippen LogP contribution in [0.15, 0.2) is 30.3 Å². The van der Waals surface area contributed by atoms with Crippen molar-refractivity contribution < 1.29 is 91.3 Å². The Morgan fingerprint density at radius 2 is 0.336 bits per heavy atom. The Labute approximate surface area is 758 Å². The molecule has 10 nitrogen and oxygen atoms in total. The highest BCUT2D eigenvalue weighted by molar-refractivity contribution is 5.48. The molecule has 5 heterocycles. The minimum atomic E-state index is -0.919. The van der Waals surface area contributed by atoms with Crippen molar-refractivity contribution in [3.63, 3.8) is 0 Å². The molecule has 0 spiro atoms. The Morgan fingerprint density at radius 3 is 0.500 bits per heavy atom. The molecule has 0 amide bonds. The third-order valence-corrected chi connectivity index (χ3v) is 32.2. The van der Waals surface area contributed by atoms with Gasteiger partial charge in [-0.3, -0.25) is 0 Å². The second-order valence-corrected chi connectivity index (χ2v) is 42.5. The second kappa shape index (κ2) is 45.9. The molecule has 5 unspecified atom stereocenters. The second-order valence-electron chi connectivity index (χ2n) is 42.5. The highest BCUT2D eigenvalue weighted by atomic mass is 19.2. The summed E-state index contributed by atoms with van der Waals surface area (Å²) in [6.45, 7) is 23.4. The number of rotatable bonds is 18. The molecule has 0 saturated heterocycles. The van der Waals surface area contributed by atoms with Crippen LogP contribution < -0.4 is 47.4 Å². The fourth-order valence-corrected chi connectivity index (χ4v) is 23.1. The Kier molecular flexibility index (Phi) is 34.9. The summed E-state index contributed by atoms with van der Waals surface area (Å²) in [6, 6.07) is 8.17. The van der Waals surface area contributed by atoms with Crippen LogP contribution in [0, 0.1) is 153 Å². The number of aryl methyl sites for hydroxylation is 5. The third-order valence-electron chi connectivity index (χ3n) is 32.2. The molecule has 0 radical (unpaired) electrons. The summed E-state index contributed by atoms with van der Waals surface area (Å²) in [7, 11) is 0. The minimum Gasteiger partial charge on any atom is -0.490 e. The highest BCUT2D eigenvalue weighted by Crippen LogP contribution is 2.49. The molecule has 5 aromatic carbocycles. The first-order chi connectivity index (χ1) is 61.6. The lowest BCUT2D eigenvalue weighted by Crippen LogP contribution is -2.27. The molecular weight excluding hydrogens is 1650 g/mol. The molecule has 8 fully saturated rings. The average molecular weight is 1800 g/mol. The predicted molar refractivity (Wildman–Crippen MR) is 483 cm³/mol. The zero-order valence-corrected chi connectivity index (χ0v) is 78.6. The van der Waals surface area contributed by atoms with Crippen molar-refractivity contribution in [1.29, 1.82) is 0 Å². The quantitative estimate of drug-likeness (QED) is 0.0790. The lowest BCUT2D eigenvalue weighted by atomic mass is 9.69. The molecule has 8 aliphatic carbocycles. The van der Waals surface area contributed by atoms with Crippen LogP contribution in [0.25, 0.3) is 0 Å². The van der Waals surface area contributed by atoms with Crippen LogP contribution in [-0.2, 0) is 32.1 Å². The van der Waals surface area contributed by atoms with E-state index in [-0.39, 0.29) is 88.0 Å². The zero-order valence-electron chi connectivity index (χ0n) is 78.6. The van der Waals surface area contributed by atoms with Gasteiger partial charge in [-0.05, 0) is 365 Å². The van der Waals surface area contributed by atoms with Gasteiger partial charge in [0.25, 0.3) is 0 Å². The summed E-state index contributed by atoms with van der Waals surface area (Å²) >= 11 is 0. The Hall–Kier alpha value is -6.60. The van der Waals surface area contributed by atoms with Crippen molar-refractivity contribution >= 4 is 0 Å². The van der Waals surface area contributed by atoms with Crippen LogP contribution >= 0.6 is 0 Å². The third kappa shape index (κ3) is 25.7. The molecule has 0 N–H and O–H groups in total. The summed E-state index contributed by atoms with van der Waals surface area (Å²) in [4.78, 5) is 0. The van der Waals surface area contributed by atoms with E-state index in [9.17, 15) is 43.9 Å². The van der Waals surface area contributed by atoms with Crippen molar-refractivity contribution in [3.8, 4) is 57.5 Å². The Morgan fingerprint density at radius 1 is 0.195 bits per heavy atom. The van der Waals surface area contributed by atoms with Gasteiger partial charge in [-0.1, -0.05) is 98.8 Å². The minimum absolute atomic E-state index is 0.0352.